The molecule has 2 heterocycles. The number of aromatic nitrogens is 3. The van der Waals surface area contributed by atoms with E-state index in [0.29, 0.717) is 17.5 Å². The van der Waals surface area contributed by atoms with Crippen molar-refractivity contribution in [2.24, 2.45) is 0 Å². The molecule has 1 aliphatic carbocycles. The van der Waals surface area contributed by atoms with Crippen molar-refractivity contribution in [3.8, 4) is 67.5 Å². The van der Waals surface area contributed by atoms with Crippen LogP contribution in [-0.2, 0) is 5.41 Å². The molecule has 56 heavy (non-hydrogen) atoms. The fourth-order valence-corrected chi connectivity index (χ4v) is 10.0. The highest BCUT2D eigenvalue weighted by molar-refractivity contribution is 7.99. The van der Waals surface area contributed by atoms with Crippen molar-refractivity contribution < 1.29 is 0 Å². The first-order valence-electron chi connectivity index (χ1n) is 18.9. The van der Waals surface area contributed by atoms with Crippen LogP contribution < -0.4 is 0 Å². The number of rotatable bonds is 5. The van der Waals surface area contributed by atoms with E-state index in [9.17, 15) is 0 Å². The summed E-state index contributed by atoms with van der Waals surface area (Å²) in [6, 6.07) is 71.5. The molecular formula is C52H33N3S. The lowest BCUT2D eigenvalue weighted by Gasteiger charge is -2.39. The third-order valence-electron chi connectivity index (χ3n) is 11.2. The van der Waals surface area contributed by atoms with Gasteiger partial charge in [0.05, 0.1) is 5.41 Å². The second kappa shape index (κ2) is 13.2. The van der Waals surface area contributed by atoms with Crippen molar-refractivity contribution in [3.63, 3.8) is 0 Å². The van der Waals surface area contributed by atoms with E-state index < -0.39 is 5.41 Å². The molecule has 8 aromatic carbocycles. The third kappa shape index (κ3) is 5.10. The molecule has 0 fully saturated rings. The van der Waals surface area contributed by atoms with Gasteiger partial charge < -0.3 is 0 Å². The Bertz CT molecular complexity index is 2910. The average molecular weight is 732 g/mol. The van der Waals surface area contributed by atoms with Crippen molar-refractivity contribution in [2.75, 3.05) is 0 Å². The van der Waals surface area contributed by atoms with E-state index in [1.807, 2.05) is 36.0 Å². The molecule has 0 unspecified atom stereocenters. The molecule has 1 spiro atoms. The molecule has 3 nitrogen and oxygen atoms in total. The molecule has 0 saturated carbocycles. The van der Waals surface area contributed by atoms with Gasteiger partial charge in [-0.05, 0) is 73.8 Å². The molecule has 0 atom stereocenters. The lowest BCUT2D eigenvalue weighted by molar-refractivity contribution is 0.722. The highest BCUT2D eigenvalue weighted by Crippen LogP contribution is 2.62. The lowest BCUT2D eigenvalue weighted by Crippen LogP contribution is -2.31. The topological polar surface area (TPSA) is 38.7 Å². The van der Waals surface area contributed by atoms with Crippen LogP contribution >= 0.6 is 11.8 Å². The largest absolute Gasteiger partial charge is 0.208 e. The maximum absolute atomic E-state index is 5.22. The third-order valence-corrected chi connectivity index (χ3v) is 12.4. The van der Waals surface area contributed by atoms with Gasteiger partial charge in [-0.15, -0.1) is 0 Å². The number of nitrogens with zero attached hydrogens (tertiary/aromatic N) is 3. The molecule has 4 heteroatoms. The normalized spacial score (nSPS) is 13.1. The van der Waals surface area contributed by atoms with Crippen LogP contribution in [0.15, 0.2) is 210 Å². The number of hydrogen-bond acceptors (Lipinski definition) is 4. The van der Waals surface area contributed by atoms with E-state index in [4.69, 9.17) is 15.0 Å². The molecule has 0 N–H and O–H groups in total. The second-order valence-electron chi connectivity index (χ2n) is 14.3. The summed E-state index contributed by atoms with van der Waals surface area (Å²) in [6.07, 6.45) is 0. The van der Waals surface area contributed by atoms with E-state index in [-0.39, 0.29) is 0 Å². The zero-order valence-electron chi connectivity index (χ0n) is 30.3. The lowest BCUT2D eigenvalue weighted by atomic mass is 9.67. The molecule has 2 aliphatic rings. The van der Waals surface area contributed by atoms with Crippen LogP contribution in [0, 0.1) is 0 Å². The standard InChI is InChI=1S/C52H33N3S/c1-3-16-34(17-4-1)36-20-15-21-38(32-36)50-53-49(35-18-5-2-6-19-35)54-51(55-50)42-25-8-7-22-39(42)37-30-31-46-48(33-37)56-47-29-14-13-28-45(47)52(46)43-26-11-9-23-40(43)41-24-10-12-27-44(41)52/h1-33H. The zero-order chi connectivity index (χ0) is 37.1. The van der Waals surface area contributed by atoms with Gasteiger partial charge in [-0.3, -0.25) is 0 Å². The summed E-state index contributed by atoms with van der Waals surface area (Å²) in [5.41, 5.74) is 14.8. The quantitative estimate of drug-likeness (QED) is 0.177. The highest BCUT2D eigenvalue weighted by Gasteiger charge is 2.50. The minimum atomic E-state index is -0.412. The summed E-state index contributed by atoms with van der Waals surface area (Å²) in [4.78, 5) is 18.0. The van der Waals surface area contributed by atoms with Crippen LogP contribution in [-0.4, -0.2) is 15.0 Å². The minimum Gasteiger partial charge on any atom is -0.208 e. The van der Waals surface area contributed by atoms with Gasteiger partial charge in [0.25, 0.3) is 0 Å². The second-order valence-corrected chi connectivity index (χ2v) is 15.4. The summed E-state index contributed by atoms with van der Waals surface area (Å²) in [5, 5.41) is 0. The predicted octanol–water partition coefficient (Wildman–Crippen LogP) is 13.0. The van der Waals surface area contributed by atoms with Gasteiger partial charge in [0.1, 0.15) is 0 Å². The number of benzene rings is 8. The molecular weight excluding hydrogens is 699 g/mol. The Kier molecular flexibility index (Phi) is 7.64. The van der Waals surface area contributed by atoms with Crippen molar-refractivity contribution in [3.05, 3.63) is 222 Å². The summed E-state index contributed by atoms with van der Waals surface area (Å²) in [6.45, 7) is 0. The summed E-state index contributed by atoms with van der Waals surface area (Å²) < 4.78 is 0. The van der Waals surface area contributed by atoms with Gasteiger partial charge in [0.15, 0.2) is 17.5 Å². The maximum atomic E-state index is 5.22. The Morgan fingerprint density at radius 2 is 0.786 bits per heavy atom. The smallest absolute Gasteiger partial charge is 0.164 e. The van der Waals surface area contributed by atoms with Crippen LogP contribution in [0.1, 0.15) is 22.3 Å². The first kappa shape index (κ1) is 32.5. The van der Waals surface area contributed by atoms with E-state index in [0.717, 1.165) is 38.9 Å². The molecule has 9 aromatic rings. The van der Waals surface area contributed by atoms with E-state index in [2.05, 4.69) is 176 Å². The molecule has 0 amide bonds. The summed E-state index contributed by atoms with van der Waals surface area (Å²) in [7, 11) is 0. The minimum absolute atomic E-state index is 0.412. The van der Waals surface area contributed by atoms with Gasteiger partial charge in [-0.25, -0.2) is 15.0 Å². The summed E-state index contributed by atoms with van der Waals surface area (Å²) >= 11 is 1.86. The molecule has 1 aliphatic heterocycles. The predicted molar refractivity (Wildman–Crippen MR) is 228 cm³/mol. The molecule has 262 valence electrons. The molecule has 0 bridgehead atoms. The van der Waals surface area contributed by atoms with Crippen LogP contribution in [0.25, 0.3) is 67.5 Å². The van der Waals surface area contributed by atoms with Gasteiger partial charge in [-0.2, -0.15) is 0 Å². The van der Waals surface area contributed by atoms with Gasteiger partial charge >= 0.3 is 0 Å². The molecule has 0 radical (unpaired) electrons. The van der Waals surface area contributed by atoms with E-state index in [1.54, 1.807) is 0 Å². The Labute approximate surface area is 330 Å². The maximum Gasteiger partial charge on any atom is 0.164 e. The van der Waals surface area contributed by atoms with E-state index in [1.165, 1.54) is 43.2 Å². The first-order chi connectivity index (χ1) is 27.8. The average Bonchev–Trinajstić information content (AvgIpc) is 3.57. The zero-order valence-corrected chi connectivity index (χ0v) is 31.1. The molecule has 11 rings (SSSR count). The van der Waals surface area contributed by atoms with Gasteiger partial charge in [-0.1, -0.05) is 194 Å². The number of fused-ring (bicyclic) bond motifs is 9. The Hall–Kier alpha value is -6.88. The Morgan fingerprint density at radius 3 is 1.50 bits per heavy atom. The van der Waals surface area contributed by atoms with Crippen LogP contribution in [0.4, 0.5) is 0 Å². The van der Waals surface area contributed by atoms with Gasteiger partial charge in [0.2, 0.25) is 0 Å². The van der Waals surface area contributed by atoms with Crippen LogP contribution in [0.2, 0.25) is 0 Å². The summed E-state index contributed by atoms with van der Waals surface area (Å²) in [5.74, 6) is 1.92. The van der Waals surface area contributed by atoms with Crippen LogP contribution in [0.3, 0.4) is 0 Å². The van der Waals surface area contributed by atoms with Crippen molar-refractivity contribution in [2.45, 2.75) is 15.2 Å². The Balaban J connectivity index is 1.09. The fourth-order valence-electron chi connectivity index (χ4n) is 8.77. The van der Waals surface area contributed by atoms with Crippen molar-refractivity contribution in [1.82, 2.24) is 15.0 Å². The van der Waals surface area contributed by atoms with Crippen molar-refractivity contribution in [1.29, 1.82) is 0 Å². The highest BCUT2D eigenvalue weighted by atomic mass is 32.2. The molecule has 1 aromatic heterocycles. The SMILES string of the molecule is c1ccc(-c2cccc(-c3nc(-c4ccccc4)nc(-c4ccccc4-c4ccc5c(c4)Sc4ccccc4C54c5ccccc5-c5ccccc54)n3)c2)cc1. The number of hydrogen-bond donors (Lipinski definition) is 0. The van der Waals surface area contributed by atoms with Gasteiger partial charge in [0, 0.05) is 26.5 Å². The monoisotopic (exact) mass is 731 g/mol. The van der Waals surface area contributed by atoms with E-state index >= 15 is 0 Å². The molecule has 0 saturated heterocycles. The fraction of sp³-hybridized carbons (Fsp3) is 0.0192. The van der Waals surface area contributed by atoms with Crippen molar-refractivity contribution >= 4 is 11.8 Å². The van der Waals surface area contributed by atoms with Crippen LogP contribution in [0.5, 0.6) is 0 Å². The Morgan fingerprint density at radius 1 is 0.286 bits per heavy atom. The first-order valence-corrected chi connectivity index (χ1v) is 19.8.